The summed E-state index contributed by atoms with van der Waals surface area (Å²) >= 11 is 1.36. The molecule has 0 atom stereocenters. The number of fused-ring (bicyclic) bond motifs is 1. The van der Waals surface area contributed by atoms with Crippen molar-refractivity contribution < 1.29 is 13.6 Å². The Balaban J connectivity index is 1.67. The van der Waals surface area contributed by atoms with Crippen molar-refractivity contribution in [3.8, 4) is 0 Å². The average Bonchev–Trinajstić information content (AvgIpc) is 2.63. The Labute approximate surface area is 154 Å². The van der Waals surface area contributed by atoms with E-state index < -0.39 is 11.4 Å². The lowest BCUT2D eigenvalue weighted by atomic mass is 10.1. The standard InChI is InChI=1S/C20H18FNO3S/c1-2-13-7-8-15-14(10-20(24)25-18(15)9-13)11-26-12-19(23)22-17-6-4-3-5-16(17)21/h3-10H,2,11-12H2,1H3,(H,22,23). The van der Waals surface area contributed by atoms with Crippen LogP contribution >= 0.6 is 11.8 Å². The van der Waals surface area contributed by atoms with E-state index in [1.807, 2.05) is 25.1 Å². The van der Waals surface area contributed by atoms with E-state index in [0.29, 0.717) is 11.3 Å². The van der Waals surface area contributed by atoms with Gasteiger partial charge in [0.2, 0.25) is 5.91 Å². The molecule has 0 aliphatic heterocycles. The van der Waals surface area contributed by atoms with Gasteiger partial charge in [-0.25, -0.2) is 9.18 Å². The summed E-state index contributed by atoms with van der Waals surface area (Å²) in [5, 5.41) is 3.41. The number of para-hydroxylation sites is 1. The second kappa shape index (κ2) is 8.19. The van der Waals surface area contributed by atoms with Crippen molar-refractivity contribution in [2.45, 2.75) is 19.1 Å². The number of thioether (sulfide) groups is 1. The van der Waals surface area contributed by atoms with Crippen LogP contribution in [0.1, 0.15) is 18.1 Å². The second-order valence-corrected chi connectivity index (χ2v) is 6.78. The zero-order valence-electron chi connectivity index (χ0n) is 14.3. The summed E-state index contributed by atoms with van der Waals surface area (Å²) < 4.78 is 18.8. The number of hydrogen-bond acceptors (Lipinski definition) is 4. The van der Waals surface area contributed by atoms with Crippen LogP contribution in [0.15, 0.2) is 57.7 Å². The number of hydrogen-bond donors (Lipinski definition) is 1. The first-order chi connectivity index (χ1) is 12.6. The number of anilines is 1. The molecule has 0 aliphatic carbocycles. The van der Waals surface area contributed by atoms with Crippen LogP contribution in [0.2, 0.25) is 0 Å². The monoisotopic (exact) mass is 371 g/mol. The zero-order valence-corrected chi connectivity index (χ0v) is 15.1. The highest BCUT2D eigenvalue weighted by atomic mass is 32.2. The topological polar surface area (TPSA) is 59.3 Å². The highest BCUT2D eigenvalue weighted by Gasteiger charge is 2.09. The third-order valence-electron chi connectivity index (χ3n) is 3.94. The third-order valence-corrected chi connectivity index (χ3v) is 4.92. The molecule has 1 N–H and O–H groups in total. The lowest BCUT2D eigenvalue weighted by Gasteiger charge is -2.08. The van der Waals surface area contributed by atoms with Crippen LogP contribution < -0.4 is 10.9 Å². The molecule has 0 aliphatic rings. The van der Waals surface area contributed by atoms with Gasteiger partial charge >= 0.3 is 5.63 Å². The normalized spacial score (nSPS) is 10.8. The molecule has 1 amide bonds. The lowest BCUT2D eigenvalue weighted by Crippen LogP contribution is -2.15. The minimum atomic E-state index is -0.468. The van der Waals surface area contributed by atoms with Gasteiger partial charge in [-0.2, -0.15) is 0 Å². The van der Waals surface area contributed by atoms with E-state index in [0.717, 1.165) is 22.9 Å². The number of aryl methyl sites for hydroxylation is 1. The van der Waals surface area contributed by atoms with Crippen LogP contribution in [0, 0.1) is 5.82 Å². The van der Waals surface area contributed by atoms with Crippen LogP contribution in [-0.2, 0) is 17.0 Å². The summed E-state index contributed by atoms with van der Waals surface area (Å²) in [5.41, 5.74) is 2.23. The molecule has 134 valence electrons. The van der Waals surface area contributed by atoms with Gasteiger partial charge < -0.3 is 9.73 Å². The van der Waals surface area contributed by atoms with Gasteiger partial charge in [-0.3, -0.25) is 4.79 Å². The van der Waals surface area contributed by atoms with E-state index >= 15 is 0 Å². The predicted molar refractivity (Wildman–Crippen MR) is 103 cm³/mol. The summed E-state index contributed by atoms with van der Waals surface area (Å²) in [4.78, 5) is 23.8. The summed E-state index contributed by atoms with van der Waals surface area (Å²) in [6.45, 7) is 2.03. The average molecular weight is 371 g/mol. The van der Waals surface area contributed by atoms with Gasteiger partial charge in [0.15, 0.2) is 0 Å². The van der Waals surface area contributed by atoms with E-state index in [1.165, 1.54) is 30.0 Å². The van der Waals surface area contributed by atoms with Crippen molar-refractivity contribution in [3.63, 3.8) is 0 Å². The molecular formula is C20H18FNO3S. The Morgan fingerprint density at radius 3 is 2.77 bits per heavy atom. The van der Waals surface area contributed by atoms with Gasteiger partial charge in [-0.05, 0) is 35.7 Å². The molecule has 0 saturated heterocycles. The highest BCUT2D eigenvalue weighted by Crippen LogP contribution is 2.23. The van der Waals surface area contributed by atoms with E-state index in [9.17, 15) is 14.0 Å². The lowest BCUT2D eigenvalue weighted by molar-refractivity contribution is -0.113. The van der Waals surface area contributed by atoms with Crippen molar-refractivity contribution in [2.24, 2.45) is 0 Å². The van der Waals surface area contributed by atoms with Crippen LogP contribution in [0.3, 0.4) is 0 Å². The Bertz CT molecular complexity index is 1000. The Morgan fingerprint density at radius 2 is 2.00 bits per heavy atom. The molecule has 2 aromatic carbocycles. The number of benzene rings is 2. The summed E-state index contributed by atoms with van der Waals surface area (Å²) in [6.07, 6.45) is 0.856. The SMILES string of the molecule is CCc1ccc2c(CSCC(=O)Nc3ccccc3F)cc(=O)oc2c1. The summed E-state index contributed by atoms with van der Waals surface area (Å²) in [5.74, 6) is -0.119. The van der Waals surface area contributed by atoms with Crippen LogP contribution in [0.25, 0.3) is 11.0 Å². The van der Waals surface area contributed by atoms with Crippen LogP contribution in [0.5, 0.6) is 0 Å². The molecule has 0 unspecified atom stereocenters. The maximum Gasteiger partial charge on any atom is 0.336 e. The first-order valence-electron chi connectivity index (χ1n) is 8.24. The molecule has 1 aromatic heterocycles. The minimum absolute atomic E-state index is 0.156. The van der Waals surface area contributed by atoms with E-state index in [1.54, 1.807) is 12.1 Å². The molecular weight excluding hydrogens is 353 g/mol. The van der Waals surface area contributed by atoms with Crippen molar-refractivity contribution in [1.29, 1.82) is 0 Å². The van der Waals surface area contributed by atoms with Crippen molar-refractivity contribution >= 4 is 34.3 Å². The predicted octanol–water partition coefficient (Wildman–Crippen LogP) is 4.37. The molecule has 0 spiro atoms. The van der Waals surface area contributed by atoms with E-state index in [2.05, 4.69) is 5.32 Å². The van der Waals surface area contributed by atoms with Gasteiger partial charge in [-0.1, -0.05) is 31.2 Å². The smallest absolute Gasteiger partial charge is 0.336 e. The van der Waals surface area contributed by atoms with E-state index in [-0.39, 0.29) is 17.3 Å². The first kappa shape index (κ1) is 18.2. The molecule has 26 heavy (non-hydrogen) atoms. The fourth-order valence-corrected chi connectivity index (χ4v) is 3.43. The largest absolute Gasteiger partial charge is 0.423 e. The summed E-state index contributed by atoms with van der Waals surface area (Å²) in [7, 11) is 0. The quantitative estimate of drug-likeness (QED) is 0.654. The van der Waals surface area contributed by atoms with E-state index in [4.69, 9.17) is 4.42 Å². The number of carbonyl (C=O) groups excluding carboxylic acids is 1. The van der Waals surface area contributed by atoms with Gasteiger partial charge in [0.05, 0.1) is 11.4 Å². The molecule has 3 rings (SSSR count). The fourth-order valence-electron chi connectivity index (χ4n) is 2.62. The molecule has 4 nitrogen and oxygen atoms in total. The maximum atomic E-state index is 13.6. The maximum absolute atomic E-state index is 13.6. The molecule has 0 radical (unpaired) electrons. The Hall–Kier alpha value is -2.60. The molecule has 6 heteroatoms. The van der Waals surface area contributed by atoms with Crippen LogP contribution in [0.4, 0.5) is 10.1 Å². The molecule has 1 heterocycles. The third kappa shape index (κ3) is 4.32. The van der Waals surface area contributed by atoms with Gasteiger partial charge in [0.25, 0.3) is 0 Å². The number of rotatable bonds is 6. The Kier molecular flexibility index (Phi) is 5.73. The molecule has 3 aromatic rings. The van der Waals surface area contributed by atoms with Crippen molar-refractivity contribution in [1.82, 2.24) is 0 Å². The second-order valence-electron chi connectivity index (χ2n) is 5.80. The van der Waals surface area contributed by atoms with Gasteiger partial charge in [0, 0.05) is 17.2 Å². The van der Waals surface area contributed by atoms with Crippen LogP contribution in [-0.4, -0.2) is 11.7 Å². The molecule has 0 saturated carbocycles. The zero-order chi connectivity index (χ0) is 18.5. The number of nitrogens with one attached hydrogen (secondary N) is 1. The molecule has 0 bridgehead atoms. The Morgan fingerprint density at radius 1 is 1.19 bits per heavy atom. The molecule has 0 fully saturated rings. The number of amides is 1. The van der Waals surface area contributed by atoms with Gasteiger partial charge in [0.1, 0.15) is 11.4 Å². The minimum Gasteiger partial charge on any atom is -0.423 e. The van der Waals surface area contributed by atoms with Crippen molar-refractivity contribution in [2.75, 3.05) is 11.1 Å². The van der Waals surface area contributed by atoms with Crippen molar-refractivity contribution in [3.05, 3.63) is 75.9 Å². The van der Waals surface area contributed by atoms with Gasteiger partial charge in [-0.15, -0.1) is 11.8 Å². The first-order valence-corrected chi connectivity index (χ1v) is 9.40. The number of carbonyl (C=O) groups is 1. The fraction of sp³-hybridized carbons (Fsp3) is 0.200. The number of halogens is 1. The highest BCUT2D eigenvalue weighted by molar-refractivity contribution is 7.99. The summed E-state index contributed by atoms with van der Waals surface area (Å²) in [6, 6.07) is 13.3.